The van der Waals surface area contributed by atoms with Crippen LogP contribution in [0.3, 0.4) is 0 Å². The number of fused-ring (bicyclic) bond motifs is 3. The van der Waals surface area contributed by atoms with Crippen LogP contribution >= 0.6 is 0 Å². The average molecular weight is 591 g/mol. The fourth-order valence-electron chi connectivity index (χ4n) is 5.51. The van der Waals surface area contributed by atoms with Crippen molar-refractivity contribution in [3.63, 3.8) is 0 Å². The number of allylic oxidation sites excluding steroid dienone is 4. The van der Waals surface area contributed by atoms with Gasteiger partial charge >= 0.3 is 213 Å². The van der Waals surface area contributed by atoms with Gasteiger partial charge in [-0.15, -0.1) is 0 Å². The molecule has 182 valence electrons. The molecule has 0 radical (unpaired) electrons. The van der Waals surface area contributed by atoms with Crippen LogP contribution in [-0.2, 0) is 27.7 Å². The first-order valence-corrected chi connectivity index (χ1v) is 15.8. The predicted octanol–water partition coefficient (Wildman–Crippen LogP) is 1.82. The molecule has 2 aliphatic carbocycles. The molecule has 0 fully saturated rings. The first-order chi connectivity index (χ1) is 16.4. The second-order valence-electron chi connectivity index (χ2n) is 9.76. The van der Waals surface area contributed by atoms with Gasteiger partial charge in [0.1, 0.15) is 0 Å². The van der Waals surface area contributed by atoms with Crippen molar-refractivity contribution in [1.82, 2.24) is 0 Å². The van der Waals surface area contributed by atoms with Crippen LogP contribution in [0.25, 0.3) is 23.3 Å². The largest absolute Gasteiger partial charge is 1.00 e. The van der Waals surface area contributed by atoms with E-state index in [1.807, 2.05) is 12.2 Å². The van der Waals surface area contributed by atoms with Crippen molar-refractivity contribution < 1.29 is 46.1 Å². The third-order valence-corrected chi connectivity index (χ3v) is 15.2. The van der Waals surface area contributed by atoms with Gasteiger partial charge in [0.25, 0.3) is 0 Å². The van der Waals surface area contributed by atoms with Crippen molar-refractivity contribution in [3.8, 4) is 11.1 Å². The first-order valence-electron chi connectivity index (χ1n) is 12.1. The van der Waals surface area contributed by atoms with Crippen LogP contribution < -0.4 is 28.1 Å². The van der Waals surface area contributed by atoms with Gasteiger partial charge in [-0.3, -0.25) is 0 Å². The number of benzene rings is 3. The zero-order chi connectivity index (χ0) is 24.0. The molecule has 0 aliphatic heterocycles. The van der Waals surface area contributed by atoms with Crippen LogP contribution in [0.15, 0.2) is 88.8 Å². The summed E-state index contributed by atoms with van der Waals surface area (Å²) in [5.41, 5.74) is 12.3. The Kier molecular flexibility index (Phi) is 9.16. The summed E-state index contributed by atoms with van der Waals surface area (Å²) >= 11 is -2.44. The van der Waals surface area contributed by atoms with Gasteiger partial charge in [-0.1, -0.05) is 0 Å². The Morgan fingerprint density at radius 2 is 1.56 bits per heavy atom. The molecular formula is C33H32Cl2Zr. The predicted molar refractivity (Wildman–Crippen MR) is 146 cm³/mol. The fraction of sp³-hybridized carbons (Fsp3) is 0.182. The van der Waals surface area contributed by atoms with E-state index >= 15 is 0 Å². The van der Waals surface area contributed by atoms with Crippen LogP contribution in [0.1, 0.15) is 54.2 Å². The summed E-state index contributed by atoms with van der Waals surface area (Å²) in [5.74, 6) is 0.508. The molecule has 3 aromatic carbocycles. The van der Waals surface area contributed by atoms with Crippen molar-refractivity contribution in [2.45, 2.75) is 34.1 Å². The number of rotatable bonds is 5. The minimum Gasteiger partial charge on any atom is -1.00 e. The van der Waals surface area contributed by atoms with E-state index in [4.69, 9.17) is 0 Å². The first kappa shape index (κ1) is 28.5. The minimum absolute atomic E-state index is 0. The number of hydrogen-bond acceptors (Lipinski definition) is 0. The summed E-state index contributed by atoms with van der Waals surface area (Å²) in [6.07, 6.45) is 9.95. The summed E-state index contributed by atoms with van der Waals surface area (Å²) < 4.78 is 4.91. The molecule has 1 atom stereocenters. The van der Waals surface area contributed by atoms with E-state index in [-0.39, 0.29) is 24.8 Å². The van der Waals surface area contributed by atoms with Crippen LogP contribution in [0.4, 0.5) is 0 Å². The molecule has 5 rings (SSSR count). The normalized spacial score (nSPS) is 15.4. The topological polar surface area (TPSA) is 0 Å². The van der Waals surface area contributed by atoms with E-state index in [0.29, 0.717) is 5.92 Å². The Hall–Kier alpha value is -2.05. The quantitative estimate of drug-likeness (QED) is 0.333. The zero-order valence-corrected chi connectivity index (χ0v) is 25.4. The number of aryl methyl sites for hydroxylation is 1. The van der Waals surface area contributed by atoms with Gasteiger partial charge in [-0.05, 0) is 0 Å². The fourth-order valence-corrected chi connectivity index (χ4v) is 13.7. The second-order valence-corrected chi connectivity index (χ2v) is 16.2. The summed E-state index contributed by atoms with van der Waals surface area (Å²) in [5, 5.41) is 0. The van der Waals surface area contributed by atoms with Crippen LogP contribution in [-0.4, -0.2) is 3.21 Å². The summed E-state index contributed by atoms with van der Waals surface area (Å²) in [6, 6.07) is 20.8. The van der Waals surface area contributed by atoms with Gasteiger partial charge < -0.3 is 24.8 Å². The summed E-state index contributed by atoms with van der Waals surface area (Å²) in [7, 11) is 0. The van der Waals surface area contributed by atoms with Gasteiger partial charge in [-0.25, -0.2) is 0 Å². The maximum atomic E-state index is 4.16. The Morgan fingerprint density at radius 3 is 2.17 bits per heavy atom. The van der Waals surface area contributed by atoms with Crippen molar-refractivity contribution in [3.05, 3.63) is 122 Å². The SMILES string of the molecule is C=Cc1ccc2c(c1)-c1cc(C=C)c[c](/[Zr+2]([C]3=CC(C)=CC3C)=[C](/C)c3ccc(C)cc3)c1C2.[Cl-].[Cl-]. The zero-order valence-electron chi connectivity index (χ0n) is 21.5. The van der Waals surface area contributed by atoms with Crippen molar-refractivity contribution >= 4 is 18.6 Å². The number of halogens is 2. The van der Waals surface area contributed by atoms with Gasteiger partial charge in [0.15, 0.2) is 0 Å². The van der Waals surface area contributed by atoms with Gasteiger partial charge in [0, 0.05) is 0 Å². The van der Waals surface area contributed by atoms with Crippen LogP contribution in [0.2, 0.25) is 0 Å². The van der Waals surface area contributed by atoms with E-state index < -0.39 is 21.3 Å². The molecule has 0 saturated carbocycles. The minimum atomic E-state index is -2.44. The van der Waals surface area contributed by atoms with E-state index in [1.165, 1.54) is 44.5 Å². The molecule has 0 aromatic heterocycles. The standard InChI is InChI=1S/C17H13.C9H10.C7H9.2ClH.Zr/c1-3-12-5-7-14-11-15-8-6-13(4-2)10-17(15)16(14)9-12;1-3-9-6-4-8(2)5-7-9;1-6-3-4-7(2)5-6;;;/h3-7,9-10H,1-2,11H2;4-7H,1-2H3;3,5,7H,1-2H3;2*1H;/q;;;;;+2/p-2. The second kappa shape index (κ2) is 11.6. The third kappa shape index (κ3) is 5.17. The molecule has 3 heteroatoms. The molecule has 0 amide bonds. The molecule has 0 N–H and O–H groups in total. The van der Waals surface area contributed by atoms with E-state index in [9.17, 15) is 0 Å². The molecule has 0 nitrogen and oxygen atoms in total. The molecule has 0 heterocycles. The molecule has 0 spiro atoms. The van der Waals surface area contributed by atoms with Gasteiger partial charge in [0.2, 0.25) is 0 Å². The van der Waals surface area contributed by atoms with Crippen LogP contribution in [0, 0.1) is 12.8 Å². The maximum Gasteiger partial charge on any atom is -1.00 e. The summed E-state index contributed by atoms with van der Waals surface area (Å²) in [6.45, 7) is 17.4. The monoisotopic (exact) mass is 588 g/mol. The van der Waals surface area contributed by atoms with E-state index in [0.717, 1.165) is 6.42 Å². The Balaban J connectivity index is 0.00000180. The molecule has 3 aromatic rings. The molecule has 0 saturated heterocycles. The molecular weight excluding hydrogens is 558 g/mol. The Labute approximate surface area is 236 Å². The Morgan fingerprint density at radius 1 is 0.889 bits per heavy atom. The van der Waals surface area contributed by atoms with Crippen molar-refractivity contribution in [2.75, 3.05) is 0 Å². The maximum absolute atomic E-state index is 4.16. The van der Waals surface area contributed by atoms with Gasteiger partial charge in [-0.2, -0.15) is 0 Å². The van der Waals surface area contributed by atoms with Crippen LogP contribution in [0.5, 0.6) is 0 Å². The van der Waals surface area contributed by atoms with E-state index in [2.05, 4.69) is 108 Å². The smallest absolute Gasteiger partial charge is 1.00 e. The molecule has 0 bridgehead atoms. The molecule has 1 unspecified atom stereocenters. The van der Waals surface area contributed by atoms with E-state index in [1.54, 1.807) is 15.3 Å². The van der Waals surface area contributed by atoms with Crippen molar-refractivity contribution in [1.29, 1.82) is 0 Å². The van der Waals surface area contributed by atoms with Gasteiger partial charge in [0.05, 0.1) is 0 Å². The Bertz CT molecular complexity index is 1440. The number of hydrogen-bond donors (Lipinski definition) is 0. The average Bonchev–Trinajstić information content (AvgIpc) is 3.37. The molecule has 36 heavy (non-hydrogen) atoms. The molecule has 2 aliphatic rings. The summed E-state index contributed by atoms with van der Waals surface area (Å²) in [4.78, 5) is 0. The van der Waals surface area contributed by atoms with Crippen molar-refractivity contribution in [2.24, 2.45) is 5.92 Å². The third-order valence-electron chi connectivity index (χ3n) is 7.34.